The summed E-state index contributed by atoms with van der Waals surface area (Å²) in [6.45, 7) is 0. The van der Waals surface area contributed by atoms with E-state index in [-0.39, 0.29) is 0 Å². The number of benzene rings is 1. The number of thioether (sulfide) groups is 1. The SMILES string of the molecule is N#Cc1ccc(-c2nnc(SCc3cccnc3)o2)cc1. The average molecular weight is 294 g/mol. The van der Waals surface area contributed by atoms with Gasteiger partial charge in [0.25, 0.3) is 5.22 Å². The summed E-state index contributed by atoms with van der Waals surface area (Å²) >= 11 is 1.46. The Morgan fingerprint density at radius 1 is 1.14 bits per heavy atom. The molecular weight excluding hydrogens is 284 g/mol. The fourth-order valence-corrected chi connectivity index (χ4v) is 2.40. The van der Waals surface area contributed by atoms with Crippen molar-refractivity contribution < 1.29 is 4.42 Å². The predicted molar refractivity (Wildman–Crippen MR) is 78.2 cm³/mol. The maximum absolute atomic E-state index is 8.77. The summed E-state index contributed by atoms with van der Waals surface area (Å²) in [7, 11) is 0. The Bertz CT molecular complexity index is 762. The van der Waals surface area contributed by atoms with E-state index in [0.717, 1.165) is 16.9 Å². The molecule has 0 amide bonds. The Balaban J connectivity index is 1.69. The number of rotatable bonds is 4. The minimum absolute atomic E-state index is 0.452. The highest BCUT2D eigenvalue weighted by molar-refractivity contribution is 7.98. The van der Waals surface area contributed by atoms with Crippen LogP contribution >= 0.6 is 11.8 Å². The van der Waals surface area contributed by atoms with Crippen LogP contribution in [0.25, 0.3) is 11.5 Å². The van der Waals surface area contributed by atoms with Crippen molar-refractivity contribution in [2.45, 2.75) is 11.0 Å². The van der Waals surface area contributed by atoms with Crippen molar-refractivity contribution in [2.75, 3.05) is 0 Å². The molecule has 2 aromatic heterocycles. The zero-order valence-electron chi connectivity index (χ0n) is 10.9. The number of hydrogen-bond donors (Lipinski definition) is 0. The molecule has 3 rings (SSSR count). The van der Waals surface area contributed by atoms with Crippen LogP contribution < -0.4 is 0 Å². The van der Waals surface area contributed by atoms with Gasteiger partial charge in [0, 0.05) is 23.7 Å². The van der Waals surface area contributed by atoms with Crippen molar-refractivity contribution in [1.29, 1.82) is 5.26 Å². The molecule has 21 heavy (non-hydrogen) atoms. The highest BCUT2D eigenvalue weighted by Gasteiger charge is 2.09. The number of nitrogens with zero attached hydrogens (tertiary/aromatic N) is 4. The second-order valence-electron chi connectivity index (χ2n) is 4.21. The zero-order chi connectivity index (χ0) is 14.5. The molecule has 0 aliphatic heterocycles. The van der Waals surface area contributed by atoms with Crippen LogP contribution in [-0.4, -0.2) is 15.2 Å². The van der Waals surface area contributed by atoms with Crippen molar-refractivity contribution in [1.82, 2.24) is 15.2 Å². The van der Waals surface area contributed by atoms with Crippen LogP contribution in [0, 0.1) is 11.3 Å². The van der Waals surface area contributed by atoms with Crippen LogP contribution in [0.2, 0.25) is 0 Å². The van der Waals surface area contributed by atoms with E-state index in [9.17, 15) is 0 Å². The van der Waals surface area contributed by atoms with E-state index in [0.29, 0.717) is 16.7 Å². The van der Waals surface area contributed by atoms with Crippen LogP contribution in [0.3, 0.4) is 0 Å². The van der Waals surface area contributed by atoms with Crippen molar-refractivity contribution in [2.24, 2.45) is 0 Å². The first kappa shape index (κ1) is 13.3. The molecule has 0 saturated heterocycles. The topological polar surface area (TPSA) is 75.6 Å². The lowest BCUT2D eigenvalue weighted by atomic mass is 10.1. The minimum atomic E-state index is 0.452. The predicted octanol–water partition coefficient (Wildman–Crippen LogP) is 3.30. The standard InChI is InChI=1S/C15H10N4OS/c16-8-11-3-5-13(6-4-11)14-18-19-15(20-14)21-10-12-2-1-7-17-9-12/h1-7,9H,10H2. The van der Waals surface area contributed by atoms with E-state index in [4.69, 9.17) is 9.68 Å². The second-order valence-corrected chi connectivity index (χ2v) is 5.14. The zero-order valence-corrected chi connectivity index (χ0v) is 11.7. The molecule has 102 valence electrons. The highest BCUT2D eigenvalue weighted by Crippen LogP contribution is 2.25. The number of aromatic nitrogens is 3. The first-order valence-corrected chi connectivity index (χ1v) is 7.19. The van der Waals surface area contributed by atoms with Crippen molar-refractivity contribution in [3.8, 4) is 17.5 Å². The van der Waals surface area contributed by atoms with Crippen molar-refractivity contribution >= 4 is 11.8 Å². The molecule has 0 fully saturated rings. The first-order valence-electron chi connectivity index (χ1n) is 6.21. The van der Waals surface area contributed by atoms with Crippen molar-refractivity contribution in [3.05, 3.63) is 59.9 Å². The third kappa shape index (κ3) is 3.27. The summed E-state index contributed by atoms with van der Waals surface area (Å²) < 4.78 is 5.60. The Morgan fingerprint density at radius 3 is 2.71 bits per heavy atom. The molecule has 0 atom stereocenters. The van der Waals surface area contributed by atoms with Gasteiger partial charge in [0.15, 0.2) is 0 Å². The molecule has 0 aliphatic rings. The Kier molecular flexibility index (Phi) is 3.94. The largest absolute Gasteiger partial charge is 0.411 e. The van der Waals surface area contributed by atoms with Gasteiger partial charge in [-0.1, -0.05) is 17.8 Å². The summed E-state index contributed by atoms with van der Waals surface area (Å²) in [6, 6.07) is 13.0. The van der Waals surface area contributed by atoms with Gasteiger partial charge in [0.1, 0.15) is 0 Å². The summed E-state index contributed by atoms with van der Waals surface area (Å²) in [5.41, 5.74) is 2.50. The molecule has 5 nitrogen and oxygen atoms in total. The summed E-state index contributed by atoms with van der Waals surface area (Å²) in [5, 5.41) is 17.3. The van der Waals surface area contributed by atoms with Gasteiger partial charge >= 0.3 is 0 Å². The summed E-state index contributed by atoms with van der Waals surface area (Å²) in [5.74, 6) is 1.18. The average Bonchev–Trinajstić information content (AvgIpc) is 3.03. The molecule has 2 heterocycles. The van der Waals surface area contributed by atoms with E-state index in [2.05, 4.69) is 21.3 Å². The monoisotopic (exact) mass is 294 g/mol. The summed E-state index contributed by atoms with van der Waals surface area (Å²) in [6.07, 6.45) is 3.55. The number of pyridine rings is 1. The molecular formula is C15H10N4OS. The van der Waals surface area contributed by atoms with Crippen molar-refractivity contribution in [3.63, 3.8) is 0 Å². The van der Waals surface area contributed by atoms with Crippen LogP contribution in [0.5, 0.6) is 0 Å². The van der Waals surface area contributed by atoms with Gasteiger partial charge in [0.2, 0.25) is 5.89 Å². The van der Waals surface area contributed by atoms with Crippen LogP contribution in [0.1, 0.15) is 11.1 Å². The fourth-order valence-electron chi connectivity index (χ4n) is 1.70. The van der Waals surface area contributed by atoms with Crippen LogP contribution in [0.15, 0.2) is 58.4 Å². The lowest BCUT2D eigenvalue weighted by Gasteiger charge is -1.96. The highest BCUT2D eigenvalue weighted by atomic mass is 32.2. The van der Waals surface area contributed by atoms with E-state index >= 15 is 0 Å². The molecule has 0 aliphatic carbocycles. The smallest absolute Gasteiger partial charge is 0.277 e. The maximum atomic E-state index is 8.77. The Labute approximate surface area is 125 Å². The normalized spacial score (nSPS) is 10.2. The molecule has 0 bridgehead atoms. The molecule has 0 spiro atoms. The Hall–Kier alpha value is -2.65. The van der Waals surface area contributed by atoms with E-state index < -0.39 is 0 Å². The number of nitriles is 1. The Morgan fingerprint density at radius 2 is 2.00 bits per heavy atom. The maximum Gasteiger partial charge on any atom is 0.277 e. The molecule has 3 aromatic rings. The molecule has 0 unspecified atom stereocenters. The van der Waals surface area contributed by atoms with Gasteiger partial charge in [0.05, 0.1) is 11.6 Å². The lowest BCUT2D eigenvalue weighted by molar-refractivity contribution is 0.466. The number of hydrogen-bond acceptors (Lipinski definition) is 6. The quantitative estimate of drug-likeness (QED) is 0.687. The summed E-state index contributed by atoms with van der Waals surface area (Å²) in [4.78, 5) is 4.06. The molecule has 6 heteroatoms. The van der Waals surface area contributed by atoms with Gasteiger partial charge in [-0.3, -0.25) is 4.98 Å². The van der Waals surface area contributed by atoms with Gasteiger partial charge < -0.3 is 4.42 Å². The lowest BCUT2D eigenvalue weighted by Crippen LogP contribution is -1.81. The van der Waals surface area contributed by atoms with Crippen LogP contribution in [0.4, 0.5) is 0 Å². The third-order valence-corrected chi connectivity index (χ3v) is 3.64. The van der Waals surface area contributed by atoms with Gasteiger partial charge in [-0.2, -0.15) is 5.26 Å². The van der Waals surface area contributed by atoms with Crippen LogP contribution in [-0.2, 0) is 5.75 Å². The van der Waals surface area contributed by atoms with Gasteiger partial charge in [-0.25, -0.2) is 0 Å². The first-order chi connectivity index (χ1) is 10.3. The van der Waals surface area contributed by atoms with E-state index in [1.807, 2.05) is 18.3 Å². The third-order valence-electron chi connectivity index (χ3n) is 2.75. The molecule has 0 saturated carbocycles. The molecule has 0 radical (unpaired) electrons. The minimum Gasteiger partial charge on any atom is -0.411 e. The second kappa shape index (κ2) is 6.20. The molecule has 1 aromatic carbocycles. The van der Waals surface area contributed by atoms with Gasteiger partial charge in [-0.15, -0.1) is 10.2 Å². The fraction of sp³-hybridized carbons (Fsp3) is 0.0667. The van der Waals surface area contributed by atoms with E-state index in [1.165, 1.54) is 11.8 Å². The molecule has 0 N–H and O–H groups in total. The van der Waals surface area contributed by atoms with E-state index in [1.54, 1.807) is 30.5 Å². The van der Waals surface area contributed by atoms with Gasteiger partial charge in [-0.05, 0) is 35.9 Å².